The molecule has 5 aliphatic carbocycles. The van der Waals surface area contributed by atoms with E-state index in [0.29, 0.717) is 6.42 Å². The summed E-state index contributed by atoms with van der Waals surface area (Å²) in [5, 5.41) is 12.8. The minimum atomic E-state index is -0.868. The Hall–Kier alpha value is -1.40. The Kier molecular flexibility index (Phi) is 8.08. The van der Waals surface area contributed by atoms with Gasteiger partial charge in [0.1, 0.15) is 0 Å². The number of aliphatic hydroxyl groups excluding tert-OH is 1. The molecule has 0 saturated heterocycles. The highest BCUT2D eigenvalue weighted by atomic mass is 32.2. The molecule has 0 spiro atoms. The Labute approximate surface area is 258 Å². The topological polar surface area (TPSA) is 80.7 Å². The molecule has 5 aliphatic rings. The van der Waals surface area contributed by atoms with Gasteiger partial charge in [0.15, 0.2) is 11.6 Å². The van der Waals surface area contributed by atoms with Crippen LogP contribution in [0, 0.1) is 50.2 Å². The van der Waals surface area contributed by atoms with E-state index in [2.05, 4.69) is 47.0 Å². The van der Waals surface area contributed by atoms with Crippen LogP contribution in [0.1, 0.15) is 113 Å². The Morgan fingerprint density at radius 3 is 2.40 bits per heavy atom. The summed E-state index contributed by atoms with van der Waals surface area (Å²) in [5.41, 5.74) is -0.338. The molecule has 0 aromatic rings. The van der Waals surface area contributed by atoms with Gasteiger partial charge in [0, 0.05) is 11.5 Å². The van der Waals surface area contributed by atoms with Gasteiger partial charge < -0.3 is 9.84 Å². The fraction of sp³-hybridized carbons (Fsp3) is 0.806. The van der Waals surface area contributed by atoms with Gasteiger partial charge in [-0.25, -0.2) is 0 Å². The van der Waals surface area contributed by atoms with Crippen molar-refractivity contribution in [2.75, 3.05) is 19.5 Å². The number of methoxy groups -OCH3 is 1. The Bertz CT molecular complexity index is 1220. The molecule has 0 aromatic carbocycles. The molecule has 0 unspecified atom stereocenters. The summed E-state index contributed by atoms with van der Waals surface area (Å²) in [7, 11) is 1.50. The number of rotatable bonds is 6. The van der Waals surface area contributed by atoms with E-state index in [1.54, 1.807) is 11.8 Å². The number of carbonyl (C=O) groups is 3. The number of aliphatic hydroxyl groups is 1. The summed E-state index contributed by atoms with van der Waals surface area (Å²) in [6.45, 7) is 15.5. The van der Waals surface area contributed by atoms with Crippen molar-refractivity contribution in [3.63, 3.8) is 0 Å². The molecule has 5 nitrogen and oxygen atoms in total. The van der Waals surface area contributed by atoms with Crippen LogP contribution in [0.15, 0.2) is 22.6 Å². The van der Waals surface area contributed by atoms with Gasteiger partial charge in [0.25, 0.3) is 0 Å². The maximum atomic E-state index is 14.6. The summed E-state index contributed by atoms with van der Waals surface area (Å²) < 4.78 is 5.46. The number of esters is 1. The van der Waals surface area contributed by atoms with E-state index in [1.807, 2.05) is 13.0 Å². The van der Waals surface area contributed by atoms with Crippen LogP contribution in [0.3, 0.4) is 0 Å². The van der Waals surface area contributed by atoms with Crippen molar-refractivity contribution in [2.24, 2.45) is 50.2 Å². The summed E-state index contributed by atoms with van der Waals surface area (Å²) in [4.78, 5) is 42.0. The van der Waals surface area contributed by atoms with E-state index in [9.17, 15) is 19.5 Å². The van der Waals surface area contributed by atoms with Crippen LogP contribution in [0.5, 0.6) is 0 Å². The number of fused-ring (bicyclic) bond motifs is 7. The lowest BCUT2D eigenvalue weighted by atomic mass is 9.33. The van der Waals surface area contributed by atoms with Gasteiger partial charge >= 0.3 is 5.97 Å². The third-order valence-electron chi connectivity index (χ3n) is 13.6. The fourth-order valence-corrected chi connectivity index (χ4v) is 11.9. The lowest BCUT2D eigenvalue weighted by molar-refractivity contribution is -0.192. The second-order valence-corrected chi connectivity index (χ2v) is 17.2. The molecule has 4 fully saturated rings. The van der Waals surface area contributed by atoms with Gasteiger partial charge in [-0.2, -0.15) is 0 Å². The van der Waals surface area contributed by atoms with E-state index >= 15 is 0 Å². The molecule has 42 heavy (non-hydrogen) atoms. The lowest BCUT2D eigenvalue weighted by Gasteiger charge is -2.69. The van der Waals surface area contributed by atoms with Crippen molar-refractivity contribution in [3.8, 4) is 0 Å². The van der Waals surface area contributed by atoms with Crippen molar-refractivity contribution in [1.29, 1.82) is 0 Å². The first-order chi connectivity index (χ1) is 19.6. The first kappa shape index (κ1) is 32.0. The average Bonchev–Trinajstić information content (AvgIpc) is 2.94. The normalized spacial score (nSPS) is 45.3. The SMILES string of the molecule is CCCCS/C=C1\C[C@]2(C)C3=CC(=O)[C@@H]4[C@@H]5CC(C)(C)CC[C@]5(C(=O)OC)CC[C@@]4(C)[C@]3(C)CC[C@H]2[C@@](C)(CO)C1=O. The smallest absolute Gasteiger partial charge is 0.312 e. The van der Waals surface area contributed by atoms with Crippen molar-refractivity contribution >= 4 is 29.3 Å². The minimum absolute atomic E-state index is 0.0288. The van der Waals surface area contributed by atoms with E-state index in [1.165, 1.54) is 12.7 Å². The first-order valence-electron chi connectivity index (χ1n) is 16.4. The van der Waals surface area contributed by atoms with Crippen LogP contribution >= 0.6 is 11.8 Å². The number of carbonyl (C=O) groups excluding carboxylic acids is 3. The quantitative estimate of drug-likeness (QED) is 0.192. The highest BCUT2D eigenvalue weighted by Gasteiger charge is 2.71. The number of ketones is 2. The van der Waals surface area contributed by atoms with Crippen LogP contribution < -0.4 is 0 Å². The molecule has 0 bridgehead atoms. The largest absolute Gasteiger partial charge is 0.469 e. The van der Waals surface area contributed by atoms with Crippen LogP contribution in [-0.2, 0) is 19.1 Å². The molecule has 1 N–H and O–H groups in total. The summed E-state index contributed by atoms with van der Waals surface area (Å²) in [6, 6.07) is 0. The second kappa shape index (κ2) is 10.6. The number of allylic oxidation sites excluding steroid dienone is 3. The Morgan fingerprint density at radius 2 is 1.76 bits per heavy atom. The van der Waals surface area contributed by atoms with Crippen LogP contribution in [0.25, 0.3) is 0 Å². The maximum Gasteiger partial charge on any atom is 0.312 e. The monoisotopic (exact) mass is 598 g/mol. The van der Waals surface area contributed by atoms with E-state index in [-0.39, 0.29) is 58.1 Å². The maximum absolute atomic E-state index is 14.6. The molecular weight excluding hydrogens is 544 g/mol. The van der Waals surface area contributed by atoms with Crippen LogP contribution in [0.4, 0.5) is 0 Å². The van der Waals surface area contributed by atoms with Gasteiger partial charge in [0.2, 0.25) is 0 Å². The second-order valence-electron chi connectivity index (χ2n) is 16.3. The molecule has 5 rings (SSSR count). The third-order valence-corrected chi connectivity index (χ3v) is 14.5. The number of ether oxygens (including phenoxy) is 1. The molecule has 0 radical (unpaired) electrons. The van der Waals surface area contributed by atoms with Crippen LogP contribution in [-0.4, -0.2) is 42.1 Å². The van der Waals surface area contributed by atoms with Gasteiger partial charge in [-0.1, -0.05) is 53.5 Å². The Balaban J connectivity index is 1.63. The van der Waals surface area contributed by atoms with Gasteiger partial charge in [-0.3, -0.25) is 14.4 Å². The number of hydrogen-bond acceptors (Lipinski definition) is 6. The standard InChI is InChI=1S/C36H54O5S/c1-9-10-17-42-21-23-19-32(4)26(33(5,22-37)29(23)39)11-12-34(6)27(32)18-25(38)28-24-20-31(2,3)13-15-36(24,30(40)41-8)16-14-35(28,34)7/h18,21,24,26,28,37H,9-17,19-20,22H2,1-8H3/b23-21+/t24-,26+,28-,32-,33+,34+,35+,36-/m0/s1. The molecule has 0 aromatic heterocycles. The molecule has 8 atom stereocenters. The molecule has 6 heteroatoms. The molecule has 234 valence electrons. The number of unbranched alkanes of at least 4 members (excludes halogenated alkanes) is 1. The van der Waals surface area contributed by atoms with E-state index in [4.69, 9.17) is 4.74 Å². The highest BCUT2D eigenvalue weighted by Crippen LogP contribution is 2.75. The molecule has 0 amide bonds. The number of Topliss-reactive ketones (excluding diaryl/α,β-unsaturated/α-hetero) is 1. The number of hydrogen-bond donors (Lipinski definition) is 1. The third kappa shape index (κ3) is 4.30. The summed E-state index contributed by atoms with van der Waals surface area (Å²) in [5.74, 6) is 0.785. The zero-order chi connectivity index (χ0) is 30.9. The van der Waals surface area contributed by atoms with Crippen molar-refractivity contribution in [3.05, 3.63) is 22.6 Å². The van der Waals surface area contributed by atoms with Crippen molar-refractivity contribution in [2.45, 2.75) is 113 Å². The zero-order valence-electron chi connectivity index (χ0n) is 27.4. The van der Waals surface area contributed by atoms with Crippen molar-refractivity contribution < 1.29 is 24.2 Å². The average molecular weight is 599 g/mol. The minimum Gasteiger partial charge on any atom is -0.469 e. The van der Waals surface area contributed by atoms with Crippen molar-refractivity contribution in [1.82, 2.24) is 0 Å². The van der Waals surface area contributed by atoms with E-state index in [0.717, 1.165) is 69.1 Å². The molecular formula is C36H54O5S. The number of thioether (sulfide) groups is 1. The van der Waals surface area contributed by atoms with Gasteiger partial charge in [-0.15, -0.1) is 11.8 Å². The molecule has 4 saturated carbocycles. The summed E-state index contributed by atoms with van der Waals surface area (Å²) in [6.07, 6.45) is 10.7. The predicted molar refractivity (Wildman–Crippen MR) is 169 cm³/mol. The highest BCUT2D eigenvalue weighted by molar-refractivity contribution is 8.02. The van der Waals surface area contributed by atoms with Crippen LogP contribution in [0.2, 0.25) is 0 Å². The van der Waals surface area contributed by atoms with Gasteiger partial charge in [0.05, 0.1) is 24.5 Å². The molecule has 0 heterocycles. The molecule has 0 aliphatic heterocycles. The fourth-order valence-electron chi connectivity index (χ4n) is 10.9. The lowest BCUT2D eigenvalue weighted by Crippen LogP contribution is -2.66. The summed E-state index contributed by atoms with van der Waals surface area (Å²) >= 11 is 1.71. The predicted octanol–water partition coefficient (Wildman–Crippen LogP) is 7.71. The first-order valence-corrected chi connectivity index (χ1v) is 17.5. The van der Waals surface area contributed by atoms with Gasteiger partial charge in [-0.05, 0) is 115 Å². The van der Waals surface area contributed by atoms with E-state index < -0.39 is 16.2 Å². The zero-order valence-corrected chi connectivity index (χ0v) is 28.2. The Morgan fingerprint density at radius 1 is 1.07 bits per heavy atom.